The molecule has 1 aliphatic rings. The fourth-order valence-electron chi connectivity index (χ4n) is 5.68. The lowest BCUT2D eigenvalue weighted by atomic mass is 9.84. The molecule has 10 heteroatoms. The van der Waals surface area contributed by atoms with Crippen LogP contribution in [0.5, 0.6) is 5.75 Å². The molecule has 0 aromatic heterocycles. The first-order valence-corrected chi connectivity index (χ1v) is 15.5. The van der Waals surface area contributed by atoms with Gasteiger partial charge in [-0.2, -0.15) is 5.26 Å². The highest BCUT2D eigenvalue weighted by atomic mass is 19.1. The van der Waals surface area contributed by atoms with E-state index in [1.165, 1.54) is 13.2 Å². The number of nitrogens with one attached hydrogen (secondary N) is 3. The zero-order valence-corrected chi connectivity index (χ0v) is 26.0. The molecule has 242 valence electrons. The molecule has 1 heterocycles. The second kappa shape index (κ2) is 16.4. The zero-order chi connectivity index (χ0) is 33.0. The molecule has 47 heavy (non-hydrogen) atoms. The number of ether oxygens (including phenoxy) is 3. The van der Waals surface area contributed by atoms with Crippen molar-refractivity contribution in [2.24, 2.45) is 0 Å². The van der Waals surface area contributed by atoms with Gasteiger partial charge in [0, 0.05) is 19.0 Å². The van der Waals surface area contributed by atoms with Crippen molar-refractivity contribution in [1.29, 1.82) is 5.26 Å². The van der Waals surface area contributed by atoms with Crippen LogP contribution in [-0.2, 0) is 20.7 Å². The van der Waals surface area contributed by atoms with Crippen LogP contribution in [0.4, 0.5) is 14.9 Å². The van der Waals surface area contributed by atoms with Crippen molar-refractivity contribution < 1.29 is 28.2 Å². The van der Waals surface area contributed by atoms with Gasteiger partial charge in [0.05, 0.1) is 30.5 Å². The van der Waals surface area contributed by atoms with Gasteiger partial charge < -0.3 is 30.2 Å². The molecule has 0 radical (unpaired) electrons. The number of carbonyl (C=O) groups excluding carboxylic acids is 2. The van der Waals surface area contributed by atoms with Crippen LogP contribution in [0.25, 0.3) is 0 Å². The van der Waals surface area contributed by atoms with Crippen molar-refractivity contribution in [3.8, 4) is 11.8 Å². The number of amides is 2. The van der Waals surface area contributed by atoms with E-state index >= 15 is 4.39 Å². The highest BCUT2D eigenvalue weighted by Crippen LogP contribution is 2.30. The van der Waals surface area contributed by atoms with E-state index in [0.717, 1.165) is 11.1 Å². The van der Waals surface area contributed by atoms with Gasteiger partial charge in [-0.1, -0.05) is 72.8 Å². The number of nitrogens with zero attached hydrogens (tertiary/aromatic N) is 1. The predicted octanol–water partition coefficient (Wildman–Crippen LogP) is 5.56. The molecule has 9 nitrogen and oxygen atoms in total. The molecule has 0 spiro atoms. The standard InChI is InChI=1S/C37H37FN4O5/c1-45-37(44)42-35(33(26-9-4-2-5-10-26)27-11-6-3-7-12-27)36(43)41-34-28(13-8-14-32(34)38)17-20-30-22-40-23-31(47-30)24-46-29-18-15-25(21-39)16-19-29/h2-16,18-19,30-31,33,35,40H,17,20,22-24H2,1H3,(H,41,43)(H,42,44)/t30-,31+,35+/m1/s1. The van der Waals surface area contributed by atoms with E-state index in [-0.39, 0.29) is 17.9 Å². The lowest BCUT2D eigenvalue weighted by Crippen LogP contribution is -2.48. The van der Waals surface area contributed by atoms with Crippen LogP contribution < -0.4 is 20.7 Å². The molecule has 2 amide bonds. The Kier molecular flexibility index (Phi) is 11.5. The number of hydrogen-bond donors (Lipinski definition) is 3. The first kappa shape index (κ1) is 33.1. The Labute approximate surface area is 273 Å². The Morgan fingerprint density at radius 1 is 0.936 bits per heavy atom. The fourth-order valence-corrected chi connectivity index (χ4v) is 5.68. The van der Waals surface area contributed by atoms with E-state index in [1.807, 2.05) is 60.7 Å². The average Bonchev–Trinajstić information content (AvgIpc) is 3.12. The maximum atomic E-state index is 15.4. The zero-order valence-electron chi connectivity index (χ0n) is 26.0. The van der Waals surface area contributed by atoms with E-state index in [1.54, 1.807) is 36.4 Å². The van der Waals surface area contributed by atoms with E-state index in [0.29, 0.717) is 49.4 Å². The smallest absolute Gasteiger partial charge is 0.407 e. The summed E-state index contributed by atoms with van der Waals surface area (Å²) in [6, 6.07) is 31.2. The Morgan fingerprint density at radius 2 is 1.60 bits per heavy atom. The Morgan fingerprint density at radius 3 is 2.23 bits per heavy atom. The summed E-state index contributed by atoms with van der Waals surface area (Å²) in [5.74, 6) is -1.11. The van der Waals surface area contributed by atoms with Crippen LogP contribution in [0.2, 0.25) is 0 Å². The molecule has 4 aromatic rings. The second-order valence-corrected chi connectivity index (χ2v) is 11.2. The minimum atomic E-state index is -1.12. The molecular weight excluding hydrogens is 599 g/mol. The summed E-state index contributed by atoms with van der Waals surface area (Å²) in [5.41, 5.74) is 2.81. The number of carbonyl (C=O) groups is 2. The third kappa shape index (κ3) is 8.94. The Hall–Kier alpha value is -5.24. The van der Waals surface area contributed by atoms with Crippen molar-refractivity contribution in [3.63, 3.8) is 0 Å². The molecule has 0 saturated carbocycles. The highest BCUT2D eigenvalue weighted by Gasteiger charge is 2.34. The van der Waals surface area contributed by atoms with Gasteiger partial charge in [0.25, 0.3) is 0 Å². The largest absolute Gasteiger partial charge is 0.491 e. The number of nitriles is 1. The monoisotopic (exact) mass is 636 g/mol. The molecule has 1 fully saturated rings. The van der Waals surface area contributed by atoms with Gasteiger partial charge in [-0.15, -0.1) is 0 Å². The minimum absolute atomic E-state index is 0.0542. The molecule has 1 saturated heterocycles. The Balaban J connectivity index is 1.29. The van der Waals surface area contributed by atoms with E-state index in [4.69, 9.17) is 19.5 Å². The summed E-state index contributed by atoms with van der Waals surface area (Å²) in [5, 5.41) is 17.8. The summed E-state index contributed by atoms with van der Waals surface area (Å²) in [4.78, 5) is 26.5. The van der Waals surface area contributed by atoms with Crippen LogP contribution in [0.15, 0.2) is 103 Å². The first-order chi connectivity index (χ1) is 22.9. The van der Waals surface area contributed by atoms with Crippen molar-refractivity contribution in [2.45, 2.75) is 37.0 Å². The van der Waals surface area contributed by atoms with Crippen LogP contribution in [0.3, 0.4) is 0 Å². The van der Waals surface area contributed by atoms with Crippen LogP contribution in [-0.4, -0.2) is 57.1 Å². The van der Waals surface area contributed by atoms with Crippen molar-refractivity contribution in [1.82, 2.24) is 10.6 Å². The maximum absolute atomic E-state index is 15.4. The van der Waals surface area contributed by atoms with Gasteiger partial charge in [0.1, 0.15) is 30.3 Å². The lowest BCUT2D eigenvalue weighted by Gasteiger charge is -2.31. The first-order valence-electron chi connectivity index (χ1n) is 15.5. The summed E-state index contributed by atoms with van der Waals surface area (Å²) in [7, 11) is 1.23. The van der Waals surface area contributed by atoms with E-state index < -0.39 is 29.8 Å². The fraction of sp³-hybridized carbons (Fsp3) is 0.270. The molecule has 0 bridgehead atoms. The van der Waals surface area contributed by atoms with Crippen LogP contribution in [0, 0.1) is 17.1 Å². The number of morpholine rings is 1. The molecule has 1 aliphatic heterocycles. The van der Waals surface area contributed by atoms with Crippen molar-refractivity contribution >= 4 is 17.7 Å². The van der Waals surface area contributed by atoms with Gasteiger partial charge in [-0.3, -0.25) is 4.79 Å². The van der Waals surface area contributed by atoms with Crippen LogP contribution in [0.1, 0.15) is 34.6 Å². The van der Waals surface area contributed by atoms with Gasteiger partial charge in [0.15, 0.2) is 0 Å². The number of para-hydroxylation sites is 1. The molecule has 0 unspecified atom stereocenters. The molecule has 5 rings (SSSR count). The highest BCUT2D eigenvalue weighted by molar-refractivity contribution is 5.98. The normalized spacial score (nSPS) is 16.5. The van der Waals surface area contributed by atoms with Gasteiger partial charge in [-0.25, -0.2) is 9.18 Å². The third-order valence-corrected chi connectivity index (χ3v) is 8.02. The minimum Gasteiger partial charge on any atom is -0.491 e. The van der Waals surface area contributed by atoms with Gasteiger partial charge >= 0.3 is 6.09 Å². The molecular formula is C37H37FN4O5. The van der Waals surface area contributed by atoms with Crippen LogP contribution >= 0.6 is 0 Å². The Bertz CT molecular complexity index is 1620. The number of benzene rings is 4. The topological polar surface area (TPSA) is 122 Å². The molecule has 0 aliphatic carbocycles. The van der Waals surface area contributed by atoms with Gasteiger partial charge in [0.2, 0.25) is 5.91 Å². The van der Waals surface area contributed by atoms with Crippen molar-refractivity contribution in [3.05, 3.63) is 131 Å². The molecule has 3 atom stereocenters. The number of anilines is 1. The molecule has 4 aromatic carbocycles. The summed E-state index contributed by atoms with van der Waals surface area (Å²) in [6.45, 7) is 1.56. The number of methoxy groups -OCH3 is 1. The number of alkyl carbamates (subject to hydrolysis) is 1. The average molecular weight is 637 g/mol. The SMILES string of the molecule is COC(=O)N[C@H](C(=O)Nc1c(F)cccc1CC[C@@H]1CNC[C@@H](COc2ccc(C#N)cc2)O1)C(c1ccccc1)c1ccccc1. The number of hydrogen-bond acceptors (Lipinski definition) is 7. The maximum Gasteiger partial charge on any atom is 0.407 e. The second-order valence-electron chi connectivity index (χ2n) is 11.2. The van der Waals surface area contributed by atoms with E-state index in [9.17, 15) is 9.59 Å². The summed E-state index contributed by atoms with van der Waals surface area (Å²) >= 11 is 0. The van der Waals surface area contributed by atoms with Crippen molar-refractivity contribution in [2.75, 3.05) is 32.1 Å². The number of halogens is 1. The van der Waals surface area contributed by atoms with Gasteiger partial charge in [-0.05, 0) is 59.9 Å². The molecule has 3 N–H and O–H groups in total. The summed E-state index contributed by atoms with van der Waals surface area (Å²) in [6.07, 6.45) is -0.157. The number of aryl methyl sites for hydroxylation is 1. The predicted molar refractivity (Wildman–Crippen MR) is 176 cm³/mol. The number of rotatable bonds is 12. The summed E-state index contributed by atoms with van der Waals surface area (Å²) < 4.78 is 32.4. The lowest BCUT2D eigenvalue weighted by molar-refractivity contribution is -0.118. The quantitative estimate of drug-likeness (QED) is 0.186. The third-order valence-electron chi connectivity index (χ3n) is 8.02. The van der Waals surface area contributed by atoms with E-state index in [2.05, 4.69) is 22.0 Å².